The summed E-state index contributed by atoms with van der Waals surface area (Å²) in [5.41, 5.74) is 13.1. The van der Waals surface area contributed by atoms with Crippen LogP contribution in [0.25, 0.3) is 103 Å². The smallest absolute Gasteiger partial charge is 0.143 e. The first-order chi connectivity index (χ1) is 30.7. The van der Waals surface area contributed by atoms with Gasteiger partial charge in [-0.1, -0.05) is 152 Å². The lowest BCUT2D eigenvalue weighted by Gasteiger charge is -2.29. The number of para-hydroxylation sites is 4. The minimum absolute atomic E-state index is 0.897. The molecule has 290 valence electrons. The molecule has 0 aliphatic carbocycles. The minimum atomic E-state index is 0.897. The van der Waals surface area contributed by atoms with Crippen molar-refractivity contribution in [2.24, 2.45) is 0 Å². The summed E-state index contributed by atoms with van der Waals surface area (Å²) in [4.78, 5) is 2.46. The summed E-state index contributed by atoms with van der Waals surface area (Å²) in [6.45, 7) is 0. The molecule has 0 saturated heterocycles. The Bertz CT molecular complexity index is 3850. The molecule has 0 bridgehead atoms. The molecule has 10 aromatic carbocycles. The molecule has 62 heavy (non-hydrogen) atoms. The highest BCUT2D eigenvalue weighted by Gasteiger charge is 2.24. The molecule has 0 aliphatic rings. The van der Waals surface area contributed by atoms with Crippen molar-refractivity contribution in [3.63, 3.8) is 0 Å². The van der Waals surface area contributed by atoms with Crippen LogP contribution in [-0.4, -0.2) is 4.57 Å². The average Bonchev–Trinajstić information content (AvgIpc) is 4.01. The van der Waals surface area contributed by atoms with Gasteiger partial charge >= 0.3 is 0 Å². The Morgan fingerprint density at radius 3 is 1.94 bits per heavy atom. The summed E-state index contributed by atoms with van der Waals surface area (Å²) in [6.07, 6.45) is 0. The first kappa shape index (κ1) is 34.9. The molecule has 13 rings (SSSR count). The third kappa shape index (κ3) is 5.37. The van der Waals surface area contributed by atoms with Crippen LogP contribution in [0.2, 0.25) is 0 Å². The van der Waals surface area contributed by atoms with Gasteiger partial charge in [-0.05, 0) is 88.6 Å². The van der Waals surface area contributed by atoms with Gasteiger partial charge < -0.3 is 13.9 Å². The molecule has 0 spiro atoms. The molecule has 3 nitrogen and oxygen atoms in total. The van der Waals surface area contributed by atoms with Gasteiger partial charge in [0.2, 0.25) is 0 Å². The number of anilines is 3. The number of thiophene rings is 1. The lowest BCUT2D eigenvalue weighted by molar-refractivity contribution is 0.670. The van der Waals surface area contributed by atoms with Crippen molar-refractivity contribution < 1.29 is 4.42 Å². The van der Waals surface area contributed by atoms with Crippen molar-refractivity contribution in [2.75, 3.05) is 4.90 Å². The molecule has 0 unspecified atom stereocenters. The molecule has 13 aromatic rings. The van der Waals surface area contributed by atoms with E-state index in [-0.39, 0.29) is 0 Å². The van der Waals surface area contributed by atoms with Gasteiger partial charge in [0.1, 0.15) is 11.2 Å². The van der Waals surface area contributed by atoms with E-state index in [0.29, 0.717) is 0 Å². The summed E-state index contributed by atoms with van der Waals surface area (Å²) in [7, 11) is 0. The lowest BCUT2D eigenvalue weighted by Crippen LogP contribution is -2.11. The Hall–Kier alpha value is -7.92. The monoisotopic (exact) mass is 808 g/mol. The molecule has 3 aromatic heterocycles. The maximum Gasteiger partial charge on any atom is 0.143 e. The zero-order chi connectivity index (χ0) is 40.7. The molecule has 0 N–H and O–H groups in total. The standard InChI is InChI=1S/C58H36N2OS/c1-2-15-38-34-43(31-30-37(38)14-1)59(41-18-11-16-39(35-41)44-24-13-25-49-47-22-5-9-28-54(47)61-57(44)49)53-33-32-50-48-23-6-10-29-55(48)62-58(50)56(53)40-17-12-19-42(36-40)60-51-26-7-3-20-45(51)46-21-4-8-27-52(46)60/h1-36H. The fourth-order valence-electron chi connectivity index (χ4n) is 9.78. The van der Waals surface area contributed by atoms with E-state index in [1.807, 2.05) is 17.4 Å². The van der Waals surface area contributed by atoms with Crippen LogP contribution in [-0.2, 0) is 0 Å². The fourth-order valence-corrected chi connectivity index (χ4v) is 11.0. The molecular formula is C58H36N2OS. The van der Waals surface area contributed by atoms with Crippen LogP contribution in [0.1, 0.15) is 0 Å². The first-order valence-corrected chi connectivity index (χ1v) is 21.9. The second-order valence-corrected chi connectivity index (χ2v) is 17.1. The summed E-state index contributed by atoms with van der Waals surface area (Å²) in [5, 5.41) is 9.69. The number of benzene rings is 10. The number of fused-ring (bicyclic) bond motifs is 10. The molecular weight excluding hydrogens is 773 g/mol. The van der Waals surface area contributed by atoms with Gasteiger partial charge in [-0.3, -0.25) is 0 Å². The number of aromatic nitrogens is 1. The van der Waals surface area contributed by atoms with Gasteiger partial charge in [-0.2, -0.15) is 0 Å². The van der Waals surface area contributed by atoms with E-state index >= 15 is 0 Å². The Labute approximate surface area is 361 Å². The highest BCUT2D eigenvalue weighted by atomic mass is 32.1. The second kappa shape index (κ2) is 13.8. The van der Waals surface area contributed by atoms with Crippen LogP contribution < -0.4 is 4.90 Å². The molecule has 0 saturated carbocycles. The number of nitrogens with zero attached hydrogens (tertiary/aromatic N) is 2. The molecule has 4 heteroatoms. The SMILES string of the molecule is c1cc(-c2cccc3c2oc2ccccc23)cc(N(c2ccc3ccccc3c2)c2ccc3c(sc4ccccc43)c2-c2cccc(-n3c4ccccc4c4ccccc43)c2)c1. The molecule has 0 aliphatic heterocycles. The number of hydrogen-bond acceptors (Lipinski definition) is 3. The molecule has 0 fully saturated rings. The lowest BCUT2D eigenvalue weighted by atomic mass is 9.97. The van der Waals surface area contributed by atoms with E-state index in [1.165, 1.54) is 58.3 Å². The molecule has 0 atom stereocenters. The van der Waals surface area contributed by atoms with Crippen LogP contribution in [0, 0.1) is 0 Å². The van der Waals surface area contributed by atoms with Gasteiger partial charge in [0.05, 0.1) is 16.7 Å². The first-order valence-electron chi connectivity index (χ1n) is 21.1. The van der Waals surface area contributed by atoms with Crippen LogP contribution in [0.15, 0.2) is 223 Å². The number of furan rings is 1. The molecule has 3 heterocycles. The average molecular weight is 809 g/mol. The Morgan fingerprint density at radius 2 is 1.08 bits per heavy atom. The largest absolute Gasteiger partial charge is 0.455 e. The van der Waals surface area contributed by atoms with Crippen molar-refractivity contribution in [1.82, 2.24) is 4.57 Å². The predicted octanol–water partition coefficient (Wildman–Crippen LogP) is 17.0. The fraction of sp³-hybridized carbons (Fsp3) is 0. The van der Waals surface area contributed by atoms with Crippen LogP contribution >= 0.6 is 11.3 Å². The van der Waals surface area contributed by atoms with Gasteiger partial charge in [0.25, 0.3) is 0 Å². The van der Waals surface area contributed by atoms with E-state index in [1.54, 1.807) is 0 Å². The van der Waals surface area contributed by atoms with Gasteiger partial charge in [0, 0.05) is 69.9 Å². The van der Waals surface area contributed by atoms with Gasteiger partial charge in [-0.15, -0.1) is 11.3 Å². The topological polar surface area (TPSA) is 21.3 Å². The van der Waals surface area contributed by atoms with Crippen LogP contribution in [0.5, 0.6) is 0 Å². The molecule has 0 amide bonds. The van der Waals surface area contributed by atoms with Crippen molar-refractivity contribution in [3.05, 3.63) is 218 Å². The highest BCUT2D eigenvalue weighted by Crippen LogP contribution is 2.50. The normalized spacial score (nSPS) is 11.9. The summed E-state index contributed by atoms with van der Waals surface area (Å²) in [6, 6.07) is 79.3. The van der Waals surface area contributed by atoms with Crippen molar-refractivity contribution in [3.8, 4) is 27.9 Å². The Morgan fingerprint density at radius 1 is 0.419 bits per heavy atom. The number of rotatable bonds is 6. The van der Waals surface area contributed by atoms with Crippen molar-refractivity contribution in [1.29, 1.82) is 0 Å². The van der Waals surface area contributed by atoms with Crippen LogP contribution in [0.3, 0.4) is 0 Å². The van der Waals surface area contributed by atoms with Crippen LogP contribution in [0.4, 0.5) is 17.1 Å². The Balaban J connectivity index is 1.08. The highest BCUT2D eigenvalue weighted by molar-refractivity contribution is 7.26. The zero-order valence-corrected chi connectivity index (χ0v) is 34.3. The predicted molar refractivity (Wildman–Crippen MR) is 264 cm³/mol. The zero-order valence-electron chi connectivity index (χ0n) is 33.5. The van der Waals surface area contributed by atoms with Crippen molar-refractivity contribution >= 4 is 103 Å². The quantitative estimate of drug-likeness (QED) is 0.167. The maximum absolute atomic E-state index is 6.59. The summed E-state index contributed by atoms with van der Waals surface area (Å²) >= 11 is 1.87. The number of hydrogen-bond donors (Lipinski definition) is 0. The second-order valence-electron chi connectivity index (χ2n) is 16.1. The maximum atomic E-state index is 6.59. The van der Waals surface area contributed by atoms with E-state index in [4.69, 9.17) is 4.42 Å². The Kier molecular flexibility index (Phi) is 7.78. The van der Waals surface area contributed by atoms with E-state index in [2.05, 4.69) is 222 Å². The van der Waals surface area contributed by atoms with E-state index in [9.17, 15) is 0 Å². The third-order valence-electron chi connectivity index (χ3n) is 12.5. The van der Waals surface area contributed by atoms with Gasteiger partial charge in [0.15, 0.2) is 0 Å². The molecule has 0 radical (unpaired) electrons. The summed E-state index contributed by atoms with van der Waals surface area (Å²) < 4.78 is 11.5. The van der Waals surface area contributed by atoms with E-state index < -0.39 is 0 Å². The minimum Gasteiger partial charge on any atom is -0.455 e. The van der Waals surface area contributed by atoms with Gasteiger partial charge in [-0.25, -0.2) is 0 Å². The van der Waals surface area contributed by atoms with Crippen molar-refractivity contribution in [2.45, 2.75) is 0 Å². The third-order valence-corrected chi connectivity index (χ3v) is 13.8. The summed E-state index contributed by atoms with van der Waals surface area (Å²) in [5.74, 6) is 0. The van der Waals surface area contributed by atoms with E-state index in [0.717, 1.165) is 61.4 Å².